The molecule has 8 heteroatoms. The van der Waals surface area contributed by atoms with Crippen molar-refractivity contribution in [3.05, 3.63) is 53.9 Å². The first kappa shape index (κ1) is 20.4. The molecule has 2 aromatic rings. The minimum Gasteiger partial charge on any atom is -0.357 e. The first-order valence-electron chi connectivity index (χ1n) is 8.65. The Kier molecular flexibility index (Phi) is 7.74. The molecule has 0 saturated carbocycles. The van der Waals surface area contributed by atoms with Crippen LogP contribution in [0, 0.1) is 11.8 Å². The second-order valence-electron chi connectivity index (χ2n) is 5.62. The van der Waals surface area contributed by atoms with E-state index in [-0.39, 0.29) is 6.54 Å². The number of alkyl halides is 3. The average molecular weight is 377 g/mol. The third kappa shape index (κ3) is 7.44. The molecule has 0 radical (unpaired) electrons. The number of nitrogens with one attached hydrogen (secondary N) is 2. The van der Waals surface area contributed by atoms with Gasteiger partial charge in [-0.15, -0.1) is 0 Å². The van der Waals surface area contributed by atoms with Crippen LogP contribution in [0.2, 0.25) is 0 Å². The van der Waals surface area contributed by atoms with Gasteiger partial charge in [0.1, 0.15) is 0 Å². The fourth-order valence-corrected chi connectivity index (χ4v) is 2.25. The molecule has 27 heavy (non-hydrogen) atoms. The molecule has 0 spiro atoms. The number of halogens is 3. The van der Waals surface area contributed by atoms with Crippen LogP contribution in [-0.2, 0) is 12.7 Å². The summed E-state index contributed by atoms with van der Waals surface area (Å²) in [5.74, 6) is 6.17. The Morgan fingerprint density at radius 1 is 1.26 bits per heavy atom. The molecule has 0 unspecified atom stereocenters. The summed E-state index contributed by atoms with van der Waals surface area (Å²) in [4.78, 5) is 4.44. The zero-order valence-electron chi connectivity index (χ0n) is 15.1. The number of hydrogen-bond acceptors (Lipinski definition) is 2. The minimum absolute atomic E-state index is 0.279. The average Bonchev–Trinajstić information content (AvgIpc) is 3.15. The van der Waals surface area contributed by atoms with E-state index in [4.69, 9.17) is 0 Å². The van der Waals surface area contributed by atoms with E-state index in [0.717, 1.165) is 25.1 Å². The maximum absolute atomic E-state index is 12.7. The Bertz CT molecular complexity index is 786. The number of benzene rings is 1. The Labute approximate surface area is 156 Å². The molecular weight excluding hydrogens is 355 g/mol. The summed E-state index contributed by atoms with van der Waals surface area (Å²) in [6.45, 7) is 4.34. The fraction of sp³-hybridized carbons (Fsp3) is 0.368. The molecular formula is C19H22F3N5. The summed E-state index contributed by atoms with van der Waals surface area (Å²) in [6.07, 6.45) is 0.111. The highest BCUT2D eigenvalue weighted by Crippen LogP contribution is 2.29. The maximum atomic E-state index is 12.7. The van der Waals surface area contributed by atoms with Crippen molar-refractivity contribution in [3.63, 3.8) is 0 Å². The molecule has 0 saturated heterocycles. The highest BCUT2D eigenvalue weighted by molar-refractivity contribution is 5.80. The van der Waals surface area contributed by atoms with Gasteiger partial charge in [-0.05, 0) is 37.6 Å². The Morgan fingerprint density at radius 3 is 2.81 bits per heavy atom. The van der Waals surface area contributed by atoms with Gasteiger partial charge in [0.05, 0.1) is 12.1 Å². The van der Waals surface area contributed by atoms with Crippen molar-refractivity contribution in [3.8, 4) is 11.8 Å². The number of hydrogen-bond donors (Lipinski definition) is 2. The van der Waals surface area contributed by atoms with E-state index < -0.39 is 11.7 Å². The van der Waals surface area contributed by atoms with Crippen molar-refractivity contribution in [2.24, 2.45) is 4.99 Å². The summed E-state index contributed by atoms with van der Waals surface area (Å²) < 4.78 is 39.9. The fourth-order valence-electron chi connectivity index (χ4n) is 2.25. The molecule has 1 aromatic carbocycles. The smallest absolute Gasteiger partial charge is 0.357 e. The molecule has 0 aliphatic carbocycles. The summed E-state index contributed by atoms with van der Waals surface area (Å²) >= 11 is 0. The Hall–Kier alpha value is -2.95. The van der Waals surface area contributed by atoms with Crippen LogP contribution in [-0.4, -0.2) is 35.4 Å². The predicted molar refractivity (Wildman–Crippen MR) is 99.1 cm³/mol. The highest BCUT2D eigenvalue weighted by atomic mass is 19.4. The quantitative estimate of drug-likeness (QED) is 0.352. The summed E-state index contributed by atoms with van der Waals surface area (Å²) in [7, 11) is 0. The molecule has 0 amide bonds. The lowest BCUT2D eigenvalue weighted by molar-refractivity contribution is -0.137. The monoisotopic (exact) mass is 377 g/mol. The van der Waals surface area contributed by atoms with Crippen molar-refractivity contribution in [2.75, 3.05) is 19.6 Å². The Balaban J connectivity index is 1.83. The molecule has 1 aromatic heterocycles. The van der Waals surface area contributed by atoms with Crippen molar-refractivity contribution < 1.29 is 13.2 Å². The molecule has 0 bridgehead atoms. The van der Waals surface area contributed by atoms with Crippen LogP contribution in [0.25, 0.3) is 0 Å². The van der Waals surface area contributed by atoms with Gasteiger partial charge in [0.15, 0.2) is 5.96 Å². The molecule has 5 nitrogen and oxygen atoms in total. The van der Waals surface area contributed by atoms with E-state index in [0.29, 0.717) is 24.6 Å². The van der Waals surface area contributed by atoms with E-state index in [9.17, 15) is 13.2 Å². The van der Waals surface area contributed by atoms with Crippen LogP contribution in [0.4, 0.5) is 13.2 Å². The lowest BCUT2D eigenvalue weighted by Crippen LogP contribution is -2.37. The zero-order valence-corrected chi connectivity index (χ0v) is 15.1. The van der Waals surface area contributed by atoms with Gasteiger partial charge in [0, 0.05) is 37.6 Å². The number of aryl methyl sites for hydroxylation is 1. The van der Waals surface area contributed by atoms with Crippen LogP contribution in [0.5, 0.6) is 0 Å². The third-order valence-corrected chi connectivity index (χ3v) is 3.49. The first-order valence-corrected chi connectivity index (χ1v) is 8.65. The van der Waals surface area contributed by atoms with Crippen LogP contribution < -0.4 is 10.6 Å². The van der Waals surface area contributed by atoms with Gasteiger partial charge in [-0.1, -0.05) is 17.9 Å². The first-order chi connectivity index (χ1) is 13.0. The molecule has 0 aliphatic rings. The summed E-state index contributed by atoms with van der Waals surface area (Å²) in [6, 6.07) is 6.85. The summed E-state index contributed by atoms with van der Waals surface area (Å²) in [5, 5.41) is 10.3. The standard InChI is InChI=1S/C19H22F3N5/c1-2-23-18(25-11-5-13-27-14-6-12-26-27)24-10-4-8-16-7-3-9-17(15-16)19(20,21)22/h3,6-7,9,12,14-15H,2,5,10-11,13H2,1H3,(H2,23,24,25). The van der Waals surface area contributed by atoms with Gasteiger partial charge in [-0.25, -0.2) is 0 Å². The van der Waals surface area contributed by atoms with Crippen molar-refractivity contribution in [1.29, 1.82) is 0 Å². The lowest BCUT2D eigenvalue weighted by Gasteiger charge is -2.08. The number of rotatable bonds is 6. The topological polar surface area (TPSA) is 54.2 Å². The Morgan fingerprint density at radius 2 is 2.11 bits per heavy atom. The van der Waals surface area contributed by atoms with Gasteiger partial charge in [0.25, 0.3) is 0 Å². The van der Waals surface area contributed by atoms with E-state index >= 15 is 0 Å². The van der Waals surface area contributed by atoms with Crippen LogP contribution in [0.3, 0.4) is 0 Å². The number of aromatic nitrogens is 2. The predicted octanol–water partition coefficient (Wildman–Crippen LogP) is 2.90. The van der Waals surface area contributed by atoms with Crippen LogP contribution in [0.15, 0.2) is 47.7 Å². The van der Waals surface area contributed by atoms with E-state index in [1.54, 1.807) is 12.3 Å². The highest BCUT2D eigenvalue weighted by Gasteiger charge is 2.30. The largest absolute Gasteiger partial charge is 0.416 e. The molecule has 144 valence electrons. The van der Waals surface area contributed by atoms with E-state index in [1.165, 1.54) is 6.07 Å². The van der Waals surface area contributed by atoms with Gasteiger partial charge in [0.2, 0.25) is 0 Å². The molecule has 1 heterocycles. The third-order valence-electron chi connectivity index (χ3n) is 3.49. The molecule has 0 fully saturated rings. The molecule has 2 rings (SSSR count). The minimum atomic E-state index is -4.36. The van der Waals surface area contributed by atoms with E-state index in [1.807, 2.05) is 23.9 Å². The zero-order chi connectivity index (χ0) is 19.5. The van der Waals surface area contributed by atoms with Crippen molar-refractivity contribution >= 4 is 5.96 Å². The van der Waals surface area contributed by atoms with Gasteiger partial charge < -0.3 is 10.6 Å². The number of guanidine groups is 1. The summed E-state index contributed by atoms with van der Waals surface area (Å²) in [5.41, 5.74) is -0.373. The normalized spacial score (nSPS) is 11.6. The SMILES string of the molecule is CCNC(=NCCCn1cccn1)NCC#Cc1cccc(C(F)(F)F)c1. The van der Waals surface area contributed by atoms with Crippen molar-refractivity contribution in [1.82, 2.24) is 20.4 Å². The maximum Gasteiger partial charge on any atom is 0.416 e. The number of nitrogens with zero attached hydrogens (tertiary/aromatic N) is 3. The molecule has 2 N–H and O–H groups in total. The van der Waals surface area contributed by atoms with Crippen LogP contribution >= 0.6 is 0 Å². The molecule has 0 aliphatic heterocycles. The van der Waals surface area contributed by atoms with Gasteiger partial charge in [-0.3, -0.25) is 9.67 Å². The van der Waals surface area contributed by atoms with Gasteiger partial charge >= 0.3 is 6.18 Å². The second kappa shape index (κ2) is 10.3. The molecule has 0 atom stereocenters. The lowest BCUT2D eigenvalue weighted by atomic mass is 10.1. The van der Waals surface area contributed by atoms with Crippen molar-refractivity contribution in [2.45, 2.75) is 26.1 Å². The second-order valence-corrected chi connectivity index (χ2v) is 5.62. The van der Waals surface area contributed by atoms with Gasteiger partial charge in [-0.2, -0.15) is 18.3 Å². The number of aliphatic imine (C=N–C) groups is 1. The van der Waals surface area contributed by atoms with Crippen LogP contribution in [0.1, 0.15) is 24.5 Å². The van der Waals surface area contributed by atoms with E-state index in [2.05, 4.69) is 32.6 Å².